The molecule has 0 aromatic carbocycles. The van der Waals surface area contributed by atoms with Crippen LogP contribution in [0.25, 0.3) is 0 Å². The lowest BCUT2D eigenvalue weighted by Crippen LogP contribution is -2.42. The molecular weight excluding hydrogens is 154 g/mol. The fourth-order valence-corrected chi connectivity index (χ4v) is 0.827. The Bertz CT molecular complexity index is 112. The van der Waals surface area contributed by atoms with Crippen molar-refractivity contribution in [3.05, 3.63) is 0 Å². The van der Waals surface area contributed by atoms with Crippen LogP contribution in [0.4, 0.5) is 0 Å². The summed E-state index contributed by atoms with van der Waals surface area (Å²) in [6.45, 7) is 3.75. The SMILES string of the molecule is CC(=O)C1CNCCO1.Cl. The zero-order valence-corrected chi connectivity index (χ0v) is 6.74. The lowest BCUT2D eigenvalue weighted by atomic mass is 10.2. The Balaban J connectivity index is 0.000000810. The third-order valence-corrected chi connectivity index (χ3v) is 1.38. The molecule has 0 radical (unpaired) electrons. The van der Waals surface area contributed by atoms with Crippen molar-refractivity contribution in [1.29, 1.82) is 0 Å². The number of hydrogen-bond donors (Lipinski definition) is 1. The van der Waals surface area contributed by atoms with Gasteiger partial charge in [-0.25, -0.2) is 0 Å². The molecule has 1 fully saturated rings. The molecule has 0 bridgehead atoms. The van der Waals surface area contributed by atoms with E-state index in [-0.39, 0.29) is 24.3 Å². The van der Waals surface area contributed by atoms with Gasteiger partial charge in [-0.15, -0.1) is 12.4 Å². The standard InChI is InChI=1S/C6H11NO2.ClH/c1-5(8)6-4-7-2-3-9-6;/h6-7H,2-4H2,1H3;1H. The van der Waals surface area contributed by atoms with Crippen LogP contribution in [-0.4, -0.2) is 31.6 Å². The van der Waals surface area contributed by atoms with Crippen molar-refractivity contribution < 1.29 is 9.53 Å². The lowest BCUT2D eigenvalue weighted by molar-refractivity contribution is -0.129. The van der Waals surface area contributed by atoms with Gasteiger partial charge in [-0.05, 0) is 6.92 Å². The molecule has 0 aliphatic carbocycles. The molecule has 1 aliphatic rings. The van der Waals surface area contributed by atoms with E-state index in [1.165, 1.54) is 0 Å². The molecule has 1 unspecified atom stereocenters. The van der Waals surface area contributed by atoms with Crippen molar-refractivity contribution in [3.8, 4) is 0 Å². The van der Waals surface area contributed by atoms with E-state index in [1.54, 1.807) is 6.92 Å². The topological polar surface area (TPSA) is 38.3 Å². The van der Waals surface area contributed by atoms with Crippen LogP contribution in [0.5, 0.6) is 0 Å². The molecule has 3 nitrogen and oxygen atoms in total. The molecule has 0 amide bonds. The first-order valence-electron chi connectivity index (χ1n) is 3.13. The van der Waals surface area contributed by atoms with Crippen molar-refractivity contribution >= 4 is 18.2 Å². The van der Waals surface area contributed by atoms with E-state index in [0.29, 0.717) is 13.2 Å². The molecular formula is C6H12ClNO2. The van der Waals surface area contributed by atoms with Gasteiger partial charge in [-0.2, -0.15) is 0 Å². The van der Waals surface area contributed by atoms with Gasteiger partial charge in [0, 0.05) is 13.1 Å². The number of nitrogens with one attached hydrogen (secondary N) is 1. The average molecular weight is 166 g/mol. The smallest absolute Gasteiger partial charge is 0.159 e. The van der Waals surface area contributed by atoms with E-state index in [9.17, 15) is 4.79 Å². The van der Waals surface area contributed by atoms with E-state index in [2.05, 4.69) is 5.32 Å². The Morgan fingerprint density at radius 2 is 2.40 bits per heavy atom. The largest absolute Gasteiger partial charge is 0.368 e. The van der Waals surface area contributed by atoms with Gasteiger partial charge in [-0.3, -0.25) is 4.79 Å². The van der Waals surface area contributed by atoms with Crippen molar-refractivity contribution in [2.45, 2.75) is 13.0 Å². The number of carbonyl (C=O) groups is 1. The van der Waals surface area contributed by atoms with Gasteiger partial charge in [0.2, 0.25) is 0 Å². The van der Waals surface area contributed by atoms with Gasteiger partial charge < -0.3 is 10.1 Å². The van der Waals surface area contributed by atoms with Crippen LogP contribution in [0.15, 0.2) is 0 Å². The molecule has 1 aliphatic heterocycles. The zero-order chi connectivity index (χ0) is 6.69. The van der Waals surface area contributed by atoms with E-state index in [1.807, 2.05) is 0 Å². The highest BCUT2D eigenvalue weighted by molar-refractivity contribution is 5.85. The molecule has 1 heterocycles. The van der Waals surface area contributed by atoms with Crippen molar-refractivity contribution in [2.24, 2.45) is 0 Å². The first-order chi connectivity index (χ1) is 4.30. The van der Waals surface area contributed by atoms with Crippen LogP contribution in [0, 0.1) is 0 Å². The van der Waals surface area contributed by atoms with E-state index in [4.69, 9.17) is 4.74 Å². The zero-order valence-electron chi connectivity index (χ0n) is 5.92. The highest BCUT2D eigenvalue weighted by atomic mass is 35.5. The first kappa shape index (κ1) is 9.88. The van der Waals surface area contributed by atoms with Crippen molar-refractivity contribution in [3.63, 3.8) is 0 Å². The monoisotopic (exact) mass is 165 g/mol. The van der Waals surface area contributed by atoms with Gasteiger partial charge in [0.15, 0.2) is 5.78 Å². The van der Waals surface area contributed by atoms with Crippen LogP contribution in [-0.2, 0) is 9.53 Å². The Morgan fingerprint density at radius 3 is 2.70 bits per heavy atom. The van der Waals surface area contributed by atoms with E-state index in [0.717, 1.165) is 6.54 Å². The number of carbonyl (C=O) groups excluding carboxylic acids is 1. The Kier molecular flexibility index (Phi) is 4.60. The third-order valence-electron chi connectivity index (χ3n) is 1.38. The first-order valence-corrected chi connectivity index (χ1v) is 3.13. The summed E-state index contributed by atoms with van der Waals surface area (Å²) in [5.74, 6) is 0.113. The molecule has 0 spiro atoms. The summed E-state index contributed by atoms with van der Waals surface area (Å²) >= 11 is 0. The summed E-state index contributed by atoms with van der Waals surface area (Å²) in [4.78, 5) is 10.6. The number of Topliss-reactive ketones (excluding diaryl/α,β-unsaturated/α-hetero) is 1. The van der Waals surface area contributed by atoms with Crippen LogP contribution in [0.2, 0.25) is 0 Å². The summed E-state index contributed by atoms with van der Waals surface area (Å²) in [5, 5.41) is 3.07. The molecule has 60 valence electrons. The number of hydrogen-bond acceptors (Lipinski definition) is 3. The van der Waals surface area contributed by atoms with Gasteiger partial charge in [-0.1, -0.05) is 0 Å². The molecule has 0 saturated carbocycles. The van der Waals surface area contributed by atoms with Crippen molar-refractivity contribution in [2.75, 3.05) is 19.7 Å². The predicted molar refractivity (Wildman–Crippen MR) is 40.5 cm³/mol. The van der Waals surface area contributed by atoms with Gasteiger partial charge in [0.1, 0.15) is 6.10 Å². The molecule has 4 heteroatoms. The average Bonchev–Trinajstić information content (AvgIpc) is 1.90. The van der Waals surface area contributed by atoms with Crippen LogP contribution in [0.3, 0.4) is 0 Å². The fraction of sp³-hybridized carbons (Fsp3) is 0.833. The quantitative estimate of drug-likeness (QED) is 0.594. The highest BCUT2D eigenvalue weighted by Gasteiger charge is 2.16. The summed E-state index contributed by atoms with van der Waals surface area (Å²) in [6.07, 6.45) is -0.196. The minimum Gasteiger partial charge on any atom is -0.368 e. The van der Waals surface area contributed by atoms with Gasteiger partial charge >= 0.3 is 0 Å². The number of rotatable bonds is 1. The van der Waals surface area contributed by atoms with Crippen LogP contribution >= 0.6 is 12.4 Å². The van der Waals surface area contributed by atoms with Gasteiger partial charge in [0.05, 0.1) is 6.61 Å². The number of halogens is 1. The van der Waals surface area contributed by atoms with E-state index < -0.39 is 0 Å². The second-order valence-electron chi connectivity index (χ2n) is 2.17. The van der Waals surface area contributed by atoms with Crippen LogP contribution < -0.4 is 5.32 Å². The van der Waals surface area contributed by atoms with E-state index >= 15 is 0 Å². The molecule has 1 saturated heterocycles. The maximum absolute atomic E-state index is 10.6. The third kappa shape index (κ3) is 2.64. The van der Waals surface area contributed by atoms with Crippen LogP contribution in [0.1, 0.15) is 6.92 Å². The lowest BCUT2D eigenvalue weighted by Gasteiger charge is -2.20. The number of ether oxygens (including phenoxy) is 1. The predicted octanol–water partition coefficient (Wildman–Crippen LogP) is -0.0144. The summed E-state index contributed by atoms with van der Waals surface area (Å²) in [6, 6.07) is 0. The summed E-state index contributed by atoms with van der Waals surface area (Å²) in [5.41, 5.74) is 0. The minimum atomic E-state index is -0.196. The minimum absolute atomic E-state index is 0. The second kappa shape index (κ2) is 4.66. The summed E-state index contributed by atoms with van der Waals surface area (Å²) in [7, 11) is 0. The summed E-state index contributed by atoms with van der Waals surface area (Å²) < 4.78 is 5.13. The molecule has 0 aromatic heterocycles. The molecule has 1 rings (SSSR count). The van der Waals surface area contributed by atoms with Crippen molar-refractivity contribution in [1.82, 2.24) is 5.32 Å². The maximum atomic E-state index is 10.6. The normalized spacial score (nSPS) is 25.1. The molecule has 0 aromatic rings. The second-order valence-corrected chi connectivity index (χ2v) is 2.17. The maximum Gasteiger partial charge on any atom is 0.159 e. The Hall–Kier alpha value is -0.120. The number of morpholine rings is 1. The molecule has 1 atom stereocenters. The number of ketones is 1. The molecule has 1 N–H and O–H groups in total. The Labute approximate surface area is 66.5 Å². The molecule has 10 heavy (non-hydrogen) atoms. The Morgan fingerprint density at radius 1 is 1.70 bits per heavy atom. The van der Waals surface area contributed by atoms with Gasteiger partial charge in [0.25, 0.3) is 0 Å². The highest BCUT2D eigenvalue weighted by Crippen LogP contribution is 1.95. The fourth-order valence-electron chi connectivity index (χ4n) is 0.827.